The molecule has 0 saturated carbocycles. The SMILES string of the molecule is O=C(O)C1CN(C(C2=CCCC=C2)c2ccccc2)C1. The lowest BCUT2D eigenvalue weighted by Crippen LogP contribution is -2.52. The van der Waals surface area contributed by atoms with Crippen LogP contribution in [-0.2, 0) is 4.79 Å². The Labute approximate surface area is 119 Å². The van der Waals surface area contributed by atoms with Crippen LogP contribution in [0.5, 0.6) is 0 Å². The number of carbonyl (C=O) groups is 1. The number of hydrogen-bond donors (Lipinski definition) is 1. The second-order valence-corrected chi connectivity index (χ2v) is 5.49. The Bertz CT molecular complexity index is 541. The number of benzene rings is 1. The van der Waals surface area contributed by atoms with Crippen molar-refractivity contribution in [3.05, 3.63) is 59.7 Å². The van der Waals surface area contributed by atoms with Crippen LogP contribution in [0.4, 0.5) is 0 Å². The van der Waals surface area contributed by atoms with E-state index in [9.17, 15) is 4.79 Å². The molecule has 0 spiro atoms. The van der Waals surface area contributed by atoms with Crippen molar-refractivity contribution in [1.82, 2.24) is 4.90 Å². The van der Waals surface area contributed by atoms with Gasteiger partial charge < -0.3 is 5.11 Å². The molecule has 0 bridgehead atoms. The third-order valence-electron chi connectivity index (χ3n) is 4.08. The van der Waals surface area contributed by atoms with Gasteiger partial charge in [-0.2, -0.15) is 0 Å². The van der Waals surface area contributed by atoms with Crippen LogP contribution in [-0.4, -0.2) is 29.1 Å². The predicted molar refractivity (Wildman–Crippen MR) is 78.3 cm³/mol. The molecule has 1 N–H and O–H groups in total. The number of hydrogen-bond acceptors (Lipinski definition) is 2. The van der Waals surface area contributed by atoms with Gasteiger partial charge >= 0.3 is 5.97 Å². The Balaban J connectivity index is 1.84. The first-order valence-electron chi connectivity index (χ1n) is 7.14. The average Bonchev–Trinajstić information content (AvgIpc) is 2.43. The number of carboxylic acids is 1. The van der Waals surface area contributed by atoms with Gasteiger partial charge in [-0.05, 0) is 24.0 Å². The molecule has 1 heterocycles. The molecule has 0 radical (unpaired) electrons. The van der Waals surface area contributed by atoms with Gasteiger partial charge in [0.1, 0.15) is 0 Å². The first-order valence-corrected chi connectivity index (χ1v) is 7.14. The molecule has 1 saturated heterocycles. The molecule has 0 aromatic heterocycles. The first-order chi connectivity index (χ1) is 9.75. The number of rotatable bonds is 4. The quantitative estimate of drug-likeness (QED) is 0.913. The van der Waals surface area contributed by atoms with E-state index in [0.29, 0.717) is 13.1 Å². The van der Waals surface area contributed by atoms with Gasteiger partial charge in [-0.15, -0.1) is 0 Å². The summed E-state index contributed by atoms with van der Waals surface area (Å²) in [5.41, 5.74) is 2.54. The first kappa shape index (κ1) is 13.1. The second kappa shape index (κ2) is 5.63. The van der Waals surface area contributed by atoms with E-state index in [0.717, 1.165) is 12.8 Å². The van der Waals surface area contributed by atoms with Crippen LogP contribution in [0, 0.1) is 5.92 Å². The number of aliphatic carboxylic acids is 1. The predicted octanol–water partition coefficient (Wildman–Crippen LogP) is 3.02. The largest absolute Gasteiger partial charge is 0.481 e. The Hall–Kier alpha value is -1.87. The molecule has 104 valence electrons. The Morgan fingerprint density at radius 1 is 1.20 bits per heavy atom. The highest BCUT2D eigenvalue weighted by atomic mass is 16.4. The topological polar surface area (TPSA) is 40.5 Å². The van der Waals surface area contributed by atoms with E-state index in [4.69, 9.17) is 5.11 Å². The smallest absolute Gasteiger partial charge is 0.309 e. The fourth-order valence-electron chi connectivity index (χ4n) is 2.97. The van der Waals surface area contributed by atoms with Gasteiger partial charge in [0.05, 0.1) is 12.0 Å². The van der Waals surface area contributed by atoms with Crippen LogP contribution in [0.25, 0.3) is 0 Å². The molecular weight excluding hydrogens is 250 g/mol. The standard InChI is InChI=1S/C17H19NO2/c19-17(20)15-11-18(12-15)16(13-7-3-1-4-8-13)14-9-5-2-6-10-14/h1,3-5,7-10,15-16H,2,6,11-12H2,(H,19,20). The van der Waals surface area contributed by atoms with Crippen LogP contribution < -0.4 is 0 Å². The maximum Gasteiger partial charge on any atom is 0.309 e. The van der Waals surface area contributed by atoms with Crippen molar-refractivity contribution in [3.8, 4) is 0 Å². The van der Waals surface area contributed by atoms with E-state index in [1.807, 2.05) is 18.2 Å². The molecule has 1 aromatic rings. The highest BCUT2D eigenvalue weighted by molar-refractivity contribution is 5.71. The van der Waals surface area contributed by atoms with E-state index >= 15 is 0 Å². The van der Waals surface area contributed by atoms with Crippen LogP contribution in [0.15, 0.2) is 54.1 Å². The van der Waals surface area contributed by atoms with E-state index in [1.54, 1.807) is 0 Å². The van der Waals surface area contributed by atoms with E-state index in [2.05, 4.69) is 35.3 Å². The van der Waals surface area contributed by atoms with Crippen molar-refractivity contribution in [1.29, 1.82) is 0 Å². The third-order valence-corrected chi connectivity index (χ3v) is 4.08. The highest BCUT2D eigenvalue weighted by Crippen LogP contribution is 2.36. The fourth-order valence-corrected chi connectivity index (χ4v) is 2.97. The number of allylic oxidation sites excluding steroid dienone is 2. The van der Waals surface area contributed by atoms with Crippen molar-refractivity contribution in [2.75, 3.05) is 13.1 Å². The van der Waals surface area contributed by atoms with Crippen molar-refractivity contribution >= 4 is 5.97 Å². The fraction of sp³-hybridized carbons (Fsp3) is 0.353. The molecule has 0 amide bonds. The van der Waals surface area contributed by atoms with Crippen LogP contribution >= 0.6 is 0 Å². The summed E-state index contributed by atoms with van der Waals surface area (Å²) in [5, 5.41) is 9.06. The van der Waals surface area contributed by atoms with Gasteiger partial charge in [-0.3, -0.25) is 9.69 Å². The molecule has 3 nitrogen and oxygen atoms in total. The lowest BCUT2D eigenvalue weighted by atomic mass is 9.88. The van der Waals surface area contributed by atoms with E-state index < -0.39 is 5.97 Å². The van der Waals surface area contributed by atoms with E-state index in [-0.39, 0.29) is 12.0 Å². The molecule has 1 aliphatic carbocycles. The summed E-state index contributed by atoms with van der Waals surface area (Å²) in [6.45, 7) is 1.28. The van der Waals surface area contributed by atoms with Gasteiger partial charge in [0.15, 0.2) is 0 Å². The summed E-state index contributed by atoms with van der Waals surface area (Å²) in [6, 6.07) is 10.6. The summed E-state index contributed by atoms with van der Waals surface area (Å²) >= 11 is 0. The van der Waals surface area contributed by atoms with Gasteiger partial charge in [-0.25, -0.2) is 0 Å². The maximum atomic E-state index is 11.0. The molecule has 1 aromatic carbocycles. The molecule has 1 unspecified atom stereocenters. The second-order valence-electron chi connectivity index (χ2n) is 5.49. The van der Waals surface area contributed by atoms with Gasteiger partial charge in [0.25, 0.3) is 0 Å². The Kier molecular flexibility index (Phi) is 3.70. The molecule has 1 aliphatic heterocycles. The minimum Gasteiger partial charge on any atom is -0.481 e. The third kappa shape index (κ3) is 2.54. The molecule has 2 aliphatic rings. The molecular formula is C17H19NO2. The van der Waals surface area contributed by atoms with Crippen molar-refractivity contribution in [3.63, 3.8) is 0 Å². The molecule has 20 heavy (non-hydrogen) atoms. The summed E-state index contributed by atoms with van der Waals surface area (Å²) in [4.78, 5) is 13.3. The zero-order chi connectivity index (χ0) is 13.9. The van der Waals surface area contributed by atoms with Gasteiger partial charge in [0.2, 0.25) is 0 Å². The Morgan fingerprint density at radius 3 is 2.55 bits per heavy atom. The lowest BCUT2D eigenvalue weighted by molar-refractivity contribution is -0.148. The van der Waals surface area contributed by atoms with Gasteiger partial charge in [0, 0.05) is 13.1 Å². The zero-order valence-electron chi connectivity index (χ0n) is 11.4. The van der Waals surface area contributed by atoms with Crippen molar-refractivity contribution < 1.29 is 9.90 Å². The average molecular weight is 269 g/mol. The summed E-state index contributed by atoms with van der Waals surface area (Å²) in [7, 11) is 0. The Morgan fingerprint density at radius 2 is 1.95 bits per heavy atom. The van der Waals surface area contributed by atoms with Crippen LogP contribution in [0.1, 0.15) is 24.4 Å². The maximum absolute atomic E-state index is 11.0. The van der Waals surface area contributed by atoms with Crippen molar-refractivity contribution in [2.45, 2.75) is 18.9 Å². The molecule has 3 rings (SSSR count). The zero-order valence-corrected chi connectivity index (χ0v) is 11.4. The molecule has 3 heteroatoms. The normalized spacial score (nSPS) is 21.1. The monoisotopic (exact) mass is 269 g/mol. The van der Waals surface area contributed by atoms with Gasteiger partial charge in [-0.1, -0.05) is 48.6 Å². The van der Waals surface area contributed by atoms with Crippen molar-refractivity contribution in [2.24, 2.45) is 5.92 Å². The lowest BCUT2D eigenvalue weighted by Gasteiger charge is -2.43. The molecule has 1 atom stereocenters. The number of nitrogens with zero attached hydrogens (tertiary/aromatic N) is 1. The summed E-state index contributed by atoms with van der Waals surface area (Å²) in [5.74, 6) is -0.893. The van der Waals surface area contributed by atoms with Crippen LogP contribution in [0.3, 0.4) is 0 Å². The van der Waals surface area contributed by atoms with E-state index in [1.165, 1.54) is 11.1 Å². The molecule has 1 fully saturated rings. The summed E-state index contributed by atoms with van der Waals surface area (Å²) in [6.07, 6.45) is 8.86. The highest BCUT2D eigenvalue weighted by Gasteiger charge is 2.38. The minimum absolute atomic E-state index is 0.198. The van der Waals surface area contributed by atoms with Crippen LogP contribution in [0.2, 0.25) is 0 Å². The number of carboxylic acid groups (broad SMARTS) is 1. The number of likely N-dealkylation sites (tertiary alicyclic amines) is 1. The minimum atomic E-state index is -0.679. The summed E-state index contributed by atoms with van der Waals surface area (Å²) < 4.78 is 0.